The summed E-state index contributed by atoms with van der Waals surface area (Å²) in [6.45, 7) is 0.840. The van der Waals surface area contributed by atoms with Crippen LogP contribution in [-0.4, -0.2) is 37.9 Å². The van der Waals surface area contributed by atoms with E-state index < -0.39 is 5.91 Å². The number of rotatable bonds is 8. The highest BCUT2D eigenvalue weighted by molar-refractivity contribution is 5.75. The van der Waals surface area contributed by atoms with Crippen LogP contribution in [0, 0.1) is 0 Å². The van der Waals surface area contributed by atoms with Crippen molar-refractivity contribution in [3.63, 3.8) is 0 Å². The highest BCUT2D eigenvalue weighted by Gasteiger charge is 2.11. The van der Waals surface area contributed by atoms with E-state index in [-0.39, 0.29) is 13.2 Å². The highest BCUT2D eigenvalue weighted by Crippen LogP contribution is 2.30. The van der Waals surface area contributed by atoms with Gasteiger partial charge >= 0.3 is 0 Å². The van der Waals surface area contributed by atoms with Gasteiger partial charge in [-0.05, 0) is 6.07 Å². The molecule has 100 valence electrons. The number of methoxy groups -OCH3 is 1. The third-order valence-corrected chi connectivity index (χ3v) is 2.24. The number of amides is 1. The standard InChI is InChI=1S/C12H18N2O4/c1-17-10-4-2-3-9(7-14-5-6-15)12(10)18-8-11(13)16/h2-4,14-15H,5-8H2,1H3,(H2,13,16). The number of aliphatic hydroxyl groups is 1. The third kappa shape index (κ3) is 4.23. The molecule has 18 heavy (non-hydrogen) atoms. The average molecular weight is 254 g/mol. The van der Waals surface area contributed by atoms with Gasteiger partial charge in [-0.3, -0.25) is 4.79 Å². The molecule has 0 spiro atoms. The summed E-state index contributed by atoms with van der Waals surface area (Å²) in [4.78, 5) is 10.8. The van der Waals surface area contributed by atoms with Crippen LogP contribution in [0.5, 0.6) is 11.5 Å². The van der Waals surface area contributed by atoms with Crippen molar-refractivity contribution < 1.29 is 19.4 Å². The zero-order chi connectivity index (χ0) is 13.4. The van der Waals surface area contributed by atoms with E-state index in [1.54, 1.807) is 6.07 Å². The van der Waals surface area contributed by atoms with Crippen molar-refractivity contribution in [1.82, 2.24) is 5.32 Å². The number of carbonyl (C=O) groups excluding carboxylic acids is 1. The number of nitrogens with one attached hydrogen (secondary N) is 1. The van der Waals surface area contributed by atoms with Crippen LogP contribution in [0.4, 0.5) is 0 Å². The zero-order valence-electron chi connectivity index (χ0n) is 10.3. The summed E-state index contributed by atoms with van der Waals surface area (Å²) >= 11 is 0. The van der Waals surface area contributed by atoms with Crippen LogP contribution in [0.15, 0.2) is 18.2 Å². The van der Waals surface area contributed by atoms with E-state index in [0.29, 0.717) is 24.6 Å². The van der Waals surface area contributed by atoms with Gasteiger partial charge in [0.25, 0.3) is 5.91 Å². The molecule has 0 bridgehead atoms. The Hall–Kier alpha value is -1.79. The van der Waals surface area contributed by atoms with Crippen molar-refractivity contribution in [3.8, 4) is 11.5 Å². The fraction of sp³-hybridized carbons (Fsp3) is 0.417. The second kappa shape index (κ2) is 7.52. The van der Waals surface area contributed by atoms with Crippen molar-refractivity contribution >= 4 is 5.91 Å². The van der Waals surface area contributed by atoms with Crippen LogP contribution in [0.2, 0.25) is 0 Å². The molecule has 0 unspecified atom stereocenters. The minimum Gasteiger partial charge on any atom is -0.493 e. The van der Waals surface area contributed by atoms with Crippen molar-refractivity contribution in [3.05, 3.63) is 23.8 Å². The van der Waals surface area contributed by atoms with E-state index in [1.165, 1.54) is 7.11 Å². The van der Waals surface area contributed by atoms with Crippen LogP contribution >= 0.6 is 0 Å². The Morgan fingerprint density at radius 1 is 1.50 bits per heavy atom. The van der Waals surface area contributed by atoms with Crippen molar-refractivity contribution in [2.24, 2.45) is 5.73 Å². The molecule has 1 amide bonds. The molecule has 1 rings (SSSR count). The number of aliphatic hydroxyl groups excluding tert-OH is 1. The Bertz CT molecular complexity index is 396. The second-order valence-electron chi connectivity index (χ2n) is 3.60. The fourth-order valence-electron chi connectivity index (χ4n) is 1.47. The molecule has 1 aromatic carbocycles. The number of para-hydroxylation sites is 1. The Balaban J connectivity index is 2.82. The topological polar surface area (TPSA) is 93.8 Å². The monoisotopic (exact) mass is 254 g/mol. The van der Waals surface area contributed by atoms with Gasteiger partial charge in [-0.1, -0.05) is 12.1 Å². The van der Waals surface area contributed by atoms with Gasteiger partial charge in [-0.15, -0.1) is 0 Å². The van der Waals surface area contributed by atoms with E-state index >= 15 is 0 Å². The van der Waals surface area contributed by atoms with Gasteiger partial charge in [0.1, 0.15) is 0 Å². The number of hydrogen-bond donors (Lipinski definition) is 3. The molecule has 0 aliphatic carbocycles. The molecular formula is C12H18N2O4. The lowest BCUT2D eigenvalue weighted by atomic mass is 10.2. The molecule has 0 aromatic heterocycles. The maximum absolute atomic E-state index is 10.8. The first-order chi connectivity index (χ1) is 8.69. The zero-order valence-corrected chi connectivity index (χ0v) is 10.3. The number of hydrogen-bond acceptors (Lipinski definition) is 5. The molecule has 0 atom stereocenters. The molecule has 0 fully saturated rings. The Morgan fingerprint density at radius 3 is 2.89 bits per heavy atom. The lowest BCUT2D eigenvalue weighted by Gasteiger charge is -2.14. The van der Waals surface area contributed by atoms with Crippen molar-refractivity contribution in [2.75, 3.05) is 26.9 Å². The van der Waals surface area contributed by atoms with Gasteiger partial charge in [0, 0.05) is 18.7 Å². The number of ether oxygens (including phenoxy) is 2. The SMILES string of the molecule is COc1cccc(CNCCO)c1OCC(N)=O. The predicted molar refractivity (Wildman–Crippen MR) is 66.5 cm³/mol. The molecule has 0 radical (unpaired) electrons. The summed E-state index contributed by atoms with van der Waals surface area (Å²) in [5.74, 6) is 0.485. The van der Waals surface area contributed by atoms with Gasteiger partial charge in [0.2, 0.25) is 0 Å². The minimum atomic E-state index is -0.546. The van der Waals surface area contributed by atoms with Crippen LogP contribution in [-0.2, 0) is 11.3 Å². The molecule has 0 aliphatic rings. The normalized spacial score (nSPS) is 10.1. The smallest absolute Gasteiger partial charge is 0.255 e. The summed E-state index contributed by atoms with van der Waals surface area (Å²) in [6.07, 6.45) is 0. The van der Waals surface area contributed by atoms with Gasteiger partial charge in [0.15, 0.2) is 18.1 Å². The van der Waals surface area contributed by atoms with E-state index in [4.69, 9.17) is 20.3 Å². The minimum absolute atomic E-state index is 0.0570. The Labute approximate surface area is 106 Å². The Morgan fingerprint density at radius 2 is 2.28 bits per heavy atom. The molecule has 0 aliphatic heterocycles. The lowest BCUT2D eigenvalue weighted by molar-refractivity contribution is -0.119. The molecule has 6 heteroatoms. The Kier molecular flexibility index (Phi) is 5.96. The summed E-state index contributed by atoms with van der Waals surface area (Å²) in [6, 6.07) is 5.42. The maximum atomic E-state index is 10.8. The molecule has 1 aromatic rings. The van der Waals surface area contributed by atoms with Crippen LogP contribution < -0.4 is 20.5 Å². The van der Waals surface area contributed by atoms with E-state index in [1.807, 2.05) is 12.1 Å². The van der Waals surface area contributed by atoms with E-state index in [9.17, 15) is 4.79 Å². The lowest BCUT2D eigenvalue weighted by Crippen LogP contribution is -2.22. The molecule has 6 nitrogen and oxygen atoms in total. The summed E-state index contributed by atoms with van der Waals surface area (Å²) in [5.41, 5.74) is 5.89. The molecule has 0 saturated heterocycles. The van der Waals surface area contributed by atoms with Gasteiger partial charge in [0.05, 0.1) is 13.7 Å². The average Bonchev–Trinajstić information content (AvgIpc) is 2.37. The molecule has 0 saturated carbocycles. The molecular weight excluding hydrogens is 236 g/mol. The first kappa shape index (κ1) is 14.3. The predicted octanol–water partition coefficient (Wildman–Crippen LogP) is -0.359. The maximum Gasteiger partial charge on any atom is 0.255 e. The quantitative estimate of drug-likeness (QED) is 0.551. The number of nitrogens with two attached hydrogens (primary N) is 1. The first-order valence-electron chi connectivity index (χ1n) is 5.57. The second-order valence-corrected chi connectivity index (χ2v) is 3.60. The summed E-state index contributed by atoms with van der Waals surface area (Å²) in [5, 5.41) is 11.7. The molecule has 0 heterocycles. The third-order valence-electron chi connectivity index (χ3n) is 2.24. The number of carbonyl (C=O) groups is 1. The number of benzene rings is 1. The van der Waals surface area contributed by atoms with Gasteiger partial charge < -0.3 is 25.6 Å². The highest BCUT2D eigenvalue weighted by atomic mass is 16.5. The largest absolute Gasteiger partial charge is 0.493 e. The summed E-state index contributed by atoms with van der Waals surface area (Å²) < 4.78 is 10.5. The van der Waals surface area contributed by atoms with E-state index in [2.05, 4.69) is 5.32 Å². The van der Waals surface area contributed by atoms with Crippen LogP contribution in [0.1, 0.15) is 5.56 Å². The fourth-order valence-corrected chi connectivity index (χ4v) is 1.47. The van der Waals surface area contributed by atoms with Gasteiger partial charge in [-0.2, -0.15) is 0 Å². The molecule has 4 N–H and O–H groups in total. The van der Waals surface area contributed by atoms with Crippen molar-refractivity contribution in [2.45, 2.75) is 6.54 Å². The first-order valence-corrected chi connectivity index (χ1v) is 5.57. The van der Waals surface area contributed by atoms with Gasteiger partial charge in [-0.25, -0.2) is 0 Å². The van der Waals surface area contributed by atoms with Crippen molar-refractivity contribution in [1.29, 1.82) is 0 Å². The van der Waals surface area contributed by atoms with Crippen LogP contribution in [0.25, 0.3) is 0 Å². The number of primary amides is 1. The summed E-state index contributed by atoms with van der Waals surface area (Å²) in [7, 11) is 1.53. The van der Waals surface area contributed by atoms with E-state index in [0.717, 1.165) is 5.56 Å². The van der Waals surface area contributed by atoms with Crippen LogP contribution in [0.3, 0.4) is 0 Å².